The van der Waals surface area contributed by atoms with Crippen LogP contribution >= 0.6 is 0 Å². The molecular weight excluding hydrogens is 146 g/mol. The summed E-state index contributed by atoms with van der Waals surface area (Å²) < 4.78 is 10.0. The van der Waals surface area contributed by atoms with E-state index < -0.39 is 0 Å². The monoisotopic (exact) mass is 151 g/mol. The third-order valence-electron chi connectivity index (χ3n) is 1.43. The van der Waals surface area contributed by atoms with Gasteiger partial charge in [-0.25, -0.2) is 4.98 Å². The Morgan fingerprint density at radius 3 is 3.27 bits per heavy atom. The molecule has 2 heterocycles. The molecule has 0 amide bonds. The Morgan fingerprint density at radius 1 is 1.55 bits per heavy atom. The number of hydrogen-bond donors (Lipinski definition) is 0. The van der Waals surface area contributed by atoms with Gasteiger partial charge in [0.15, 0.2) is 17.8 Å². The van der Waals surface area contributed by atoms with E-state index in [0.717, 1.165) is 0 Å². The molecule has 0 aromatic carbocycles. The van der Waals surface area contributed by atoms with Crippen LogP contribution in [-0.2, 0) is 0 Å². The van der Waals surface area contributed by atoms with E-state index in [1.54, 1.807) is 6.07 Å². The average molecular weight is 151 g/mol. The normalized spacial score (nSPS) is 13.1. The second-order valence-corrected chi connectivity index (χ2v) is 2.05. The molecule has 0 unspecified atom stereocenters. The molecule has 0 saturated heterocycles. The maximum absolute atomic E-state index is 10.4. The molecular formula is C7H5NO3. The maximum atomic E-state index is 10.4. The van der Waals surface area contributed by atoms with Gasteiger partial charge in [0.05, 0.1) is 0 Å². The molecule has 4 nitrogen and oxygen atoms in total. The van der Waals surface area contributed by atoms with E-state index in [1.165, 1.54) is 6.20 Å². The predicted octanol–water partition coefficient (Wildman–Crippen LogP) is 0.623. The molecule has 1 aliphatic heterocycles. The Bertz CT molecular complexity index is 298. The lowest BCUT2D eigenvalue weighted by molar-refractivity contribution is 0.111. The van der Waals surface area contributed by atoms with E-state index in [-0.39, 0.29) is 6.79 Å². The smallest absolute Gasteiger partial charge is 0.231 e. The van der Waals surface area contributed by atoms with Crippen molar-refractivity contribution in [3.63, 3.8) is 0 Å². The summed E-state index contributed by atoms with van der Waals surface area (Å²) in [4.78, 5) is 14.2. The van der Waals surface area contributed by atoms with E-state index in [2.05, 4.69) is 4.98 Å². The Balaban J connectivity index is 2.58. The number of carbonyl (C=O) groups excluding carboxylic acids is 1. The van der Waals surface area contributed by atoms with Gasteiger partial charge in [-0.05, 0) is 0 Å². The van der Waals surface area contributed by atoms with Gasteiger partial charge in [-0.15, -0.1) is 0 Å². The lowest BCUT2D eigenvalue weighted by atomic mass is 10.3. The van der Waals surface area contributed by atoms with Gasteiger partial charge in [0.1, 0.15) is 5.69 Å². The van der Waals surface area contributed by atoms with Gasteiger partial charge in [-0.2, -0.15) is 0 Å². The van der Waals surface area contributed by atoms with E-state index in [1.807, 2.05) is 0 Å². The first-order valence-corrected chi connectivity index (χ1v) is 3.11. The molecule has 0 saturated carbocycles. The van der Waals surface area contributed by atoms with Crippen LogP contribution in [0.1, 0.15) is 10.5 Å². The molecule has 0 N–H and O–H groups in total. The fourth-order valence-corrected chi connectivity index (χ4v) is 0.940. The number of nitrogens with zero attached hydrogens (tertiary/aromatic N) is 1. The van der Waals surface area contributed by atoms with E-state index in [9.17, 15) is 4.79 Å². The van der Waals surface area contributed by atoms with Crippen molar-refractivity contribution < 1.29 is 14.3 Å². The van der Waals surface area contributed by atoms with E-state index >= 15 is 0 Å². The van der Waals surface area contributed by atoms with Crippen LogP contribution < -0.4 is 9.47 Å². The third kappa shape index (κ3) is 0.832. The Kier molecular flexibility index (Phi) is 1.25. The van der Waals surface area contributed by atoms with Crippen LogP contribution in [0.5, 0.6) is 11.5 Å². The fraction of sp³-hybridized carbons (Fsp3) is 0.143. The first-order chi connectivity index (χ1) is 5.42. The number of fused-ring (bicyclic) bond motifs is 1. The predicted molar refractivity (Wildman–Crippen MR) is 35.7 cm³/mol. The molecule has 0 bridgehead atoms. The molecule has 2 rings (SSSR count). The SMILES string of the molecule is O=Cc1nccc2c1OCO2. The number of aldehydes is 1. The van der Waals surface area contributed by atoms with Crippen molar-refractivity contribution in [1.29, 1.82) is 0 Å². The van der Waals surface area contributed by atoms with Crippen molar-refractivity contribution in [3.05, 3.63) is 18.0 Å². The molecule has 1 aliphatic rings. The average Bonchev–Trinajstić information content (AvgIpc) is 2.50. The van der Waals surface area contributed by atoms with Crippen LogP contribution in [0.15, 0.2) is 12.3 Å². The summed E-state index contributed by atoms with van der Waals surface area (Å²) in [6.45, 7) is 0.169. The van der Waals surface area contributed by atoms with Crippen molar-refractivity contribution in [2.24, 2.45) is 0 Å². The van der Waals surface area contributed by atoms with E-state index in [4.69, 9.17) is 9.47 Å². The molecule has 0 fully saturated rings. The molecule has 56 valence electrons. The Hall–Kier alpha value is -1.58. The van der Waals surface area contributed by atoms with Crippen molar-refractivity contribution >= 4 is 6.29 Å². The van der Waals surface area contributed by atoms with Gasteiger partial charge in [0, 0.05) is 12.3 Å². The summed E-state index contributed by atoms with van der Waals surface area (Å²) in [7, 11) is 0. The number of rotatable bonds is 1. The zero-order valence-corrected chi connectivity index (χ0v) is 5.61. The van der Waals surface area contributed by atoms with Gasteiger partial charge in [-0.1, -0.05) is 0 Å². The summed E-state index contributed by atoms with van der Waals surface area (Å²) in [5.74, 6) is 1.03. The highest BCUT2D eigenvalue weighted by molar-refractivity contribution is 5.78. The van der Waals surface area contributed by atoms with Gasteiger partial charge >= 0.3 is 0 Å². The molecule has 0 aliphatic carbocycles. The molecule has 0 spiro atoms. The zero-order valence-electron chi connectivity index (χ0n) is 5.61. The van der Waals surface area contributed by atoms with Crippen LogP contribution in [-0.4, -0.2) is 18.1 Å². The molecule has 1 aromatic rings. The summed E-state index contributed by atoms with van der Waals surface area (Å²) in [6, 6.07) is 1.66. The van der Waals surface area contributed by atoms with Crippen molar-refractivity contribution in [1.82, 2.24) is 4.98 Å². The lowest BCUT2D eigenvalue weighted by Gasteiger charge is -1.95. The highest BCUT2D eigenvalue weighted by atomic mass is 16.7. The quantitative estimate of drug-likeness (QED) is 0.552. The highest BCUT2D eigenvalue weighted by Gasteiger charge is 2.17. The standard InChI is InChI=1S/C7H5NO3/c9-3-5-7-6(1-2-8-5)10-4-11-7/h1-3H,4H2. The molecule has 4 heteroatoms. The molecule has 11 heavy (non-hydrogen) atoms. The minimum atomic E-state index is 0.169. The molecule has 0 radical (unpaired) electrons. The summed E-state index contributed by atoms with van der Waals surface area (Å²) >= 11 is 0. The minimum absolute atomic E-state index is 0.169. The van der Waals surface area contributed by atoms with Crippen LogP contribution in [0.25, 0.3) is 0 Å². The highest BCUT2D eigenvalue weighted by Crippen LogP contribution is 2.32. The van der Waals surface area contributed by atoms with Gasteiger partial charge in [0.2, 0.25) is 6.79 Å². The molecule has 0 atom stereocenters. The summed E-state index contributed by atoms with van der Waals surface area (Å²) in [6.07, 6.45) is 2.16. The number of pyridine rings is 1. The number of aromatic nitrogens is 1. The summed E-state index contributed by atoms with van der Waals surface area (Å²) in [5.41, 5.74) is 0.292. The molecule has 1 aromatic heterocycles. The first kappa shape index (κ1) is 6.15. The van der Waals surface area contributed by atoms with Gasteiger partial charge in [0.25, 0.3) is 0 Å². The number of hydrogen-bond acceptors (Lipinski definition) is 4. The first-order valence-electron chi connectivity index (χ1n) is 3.11. The van der Waals surface area contributed by atoms with E-state index in [0.29, 0.717) is 23.5 Å². The van der Waals surface area contributed by atoms with Crippen LogP contribution in [0.3, 0.4) is 0 Å². The third-order valence-corrected chi connectivity index (χ3v) is 1.43. The second-order valence-electron chi connectivity index (χ2n) is 2.05. The minimum Gasteiger partial charge on any atom is -0.453 e. The van der Waals surface area contributed by atoms with Crippen molar-refractivity contribution in [2.45, 2.75) is 0 Å². The topological polar surface area (TPSA) is 48.4 Å². The second kappa shape index (κ2) is 2.23. The maximum Gasteiger partial charge on any atom is 0.231 e. The lowest BCUT2D eigenvalue weighted by Crippen LogP contribution is -1.94. The van der Waals surface area contributed by atoms with Crippen LogP contribution in [0, 0.1) is 0 Å². The largest absolute Gasteiger partial charge is 0.453 e. The van der Waals surface area contributed by atoms with Crippen LogP contribution in [0.4, 0.5) is 0 Å². The van der Waals surface area contributed by atoms with Crippen LogP contribution in [0.2, 0.25) is 0 Å². The number of carbonyl (C=O) groups is 1. The summed E-state index contributed by atoms with van der Waals surface area (Å²) in [5, 5.41) is 0. The fourth-order valence-electron chi connectivity index (χ4n) is 0.940. The van der Waals surface area contributed by atoms with Crippen molar-refractivity contribution in [3.8, 4) is 11.5 Å². The van der Waals surface area contributed by atoms with Gasteiger partial charge in [-0.3, -0.25) is 4.79 Å². The zero-order chi connectivity index (χ0) is 7.68. The van der Waals surface area contributed by atoms with Crippen molar-refractivity contribution in [2.75, 3.05) is 6.79 Å². The Morgan fingerprint density at radius 2 is 2.45 bits per heavy atom. The number of ether oxygens (including phenoxy) is 2. The Labute approximate surface area is 62.8 Å². The van der Waals surface area contributed by atoms with Gasteiger partial charge < -0.3 is 9.47 Å².